The van der Waals surface area contributed by atoms with E-state index < -0.39 is 0 Å². The van der Waals surface area contributed by atoms with E-state index in [4.69, 9.17) is 5.73 Å². The lowest BCUT2D eigenvalue weighted by atomic mass is 9.77. The van der Waals surface area contributed by atoms with Gasteiger partial charge in [0.1, 0.15) is 12.1 Å². The summed E-state index contributed by atoms with van der Waals surface area (Å²) in [6.45, 7) is 1.34. The molecule has 0 radical (unpaired) electrons. The van der Waals surface area contributed by atoms with Crippen LogP contribution in [0.15, 0.2) is 29.7 Å². The van der Waals surface area contributed by atoms with Crippen LogP contribution in [-0.4, -0.2) is 40.3 Å². The summed E-state index contributed by atoms with van der Waals surface area (Å²) in [5, 5.41) is 3.11. The van der Waals surface area contributed by atoms with E-state index in [1.807, 2.05) is 17.2 Å². The maximum Gasteiger partial charge on any atom is 0.259 e. The van der Waals surface area contributed by atoms with Crippen molar-refractivity contribution in [3.63, 3.8) is 0 Å². The van der Waals surface area contributed by atoms with Crippen molar-refractivity contribution < 1.29 is 4.79 Å². The number of rotatable bonds is 4. The Hall–Kier alpha value is -1.60. The van der Waals surface area contributed by atoms with Crippen LogP contribution in [-0.2, 0) is 4.79 Å². The van der Waals surface area contributed by atoms with Gasteiger partial charge in [0.2, 0.25) is 0 Å². The minimum Gasteiger partial charge on any atom is -0.345 e. The maximum absolute atomic E-state index is 12.4. The van der Waals surface area contributed by atoms with Crippen LogP contribution < -0.4 is 16.0 Å². The van der Waals surface area contributed by atoms with E-state index in [0.29, 0.717) is 6.54 Å². The van der Waals surface area contributed by atoms with Gasteiger partial charge in [0.25, 0.3) is 5.91 Å². The van der Waals surface area contributed by atoms with E-state index in [2.05, 4.69) is 15.3 Å². The van der Waals surface area contributed by atoms with Crippen LogP contribution in [0, 0.1) is 0 Å². The Morgan fingerprint density at radius 2 is 2.38 bits per heavy atom. The second kappa shape index (κ2) is 6.03. The second-order valence-electron chi connectivity index (χ2n) is 5.39. The Kier molecular flexibility index (Phi) is 4.12. The Balaban J connectivity index is 1.72. The smallest absolute Gasteiger partial charge is 0.259 e. The van der Waals surface area contributed by atoms with E-state index in [9.17, 15) is 4.79 Å². The third-order valence-corrected chi connectivity index (χ3v) is 5.02. The quantitative estimate of drug-likeness (QED) is 0.858. The van der Waals surface area contributed by atoms with Crippen molar-refractivity contribution in [2.75, 3.05) is 23.7 Å². The van der Waals surface area contributed by atoms with Gasteiger partial charge in [-0.3, -0.25) is 4.79 Å². The molecule has 21 heavy (non-hydrogen) atoms. The lowest BCUT2D eigenvalue weighted by molar-refractivity contribution is -0.119. The Morgan fingerprint density at radius 1 is 1.52 bits per heavy atom. The average Bonchev–Trinajstić information content (AvgIpc) is 2.52. The third kappa shape index (κ3) is 3.03. The summed E-state index contributed by atoms with van der Waals surface area (Å²) in [4.78, 5) is 23.3. The van der Waals surface area contributed by atoms with E-state index in [-0.39, 0.29) is 11.4 Å². The number of carbonyl (C=O) groups excluding carboxylic acids is 1. The average molecular weight is 305 g/mol. The maximum atomic E-state index is 12.4. The number of hydrogen-bond acceptors (Lipinski definition) is 6. The molecule has 0 unspecified atom stereocenters. The number of amides is 1. The summed E-state index contributed by atoms with van der Waals surface area (Å²) in [6, 6.07) is 1.84. The number of carbonyl (C=O) groups is 1. The van der Waals surface area contributed by atoms with Gasteiger partial charge in [-0.25, -0.2) is 9.97 Å². The molecule has 3 N–H and O–H groups in total. The summed E-state index contributed by atoms with van der Waals surface area (Å²) in [6.07, 6.45) is 8.18. The summed E-state index contributed by atoms with van der Waals surface area (Å²) in [7, 11) is 0. The van der Waals surface area contributed by atoms with Gasteiger partial charge in [0.05, 0.1) is 10.4 Å². The molecule has 0 bridgehead atoms. The molecule has 6 nitrogen and oxygen atoms in total. The van der Waals surface area contributed by atoms with Crippen molar-refractivity contribution in [3.8, 4) is 0 Å². The highest BCUT2D eigenvalue weighted by molar-refractivity contribution is 8.04. The molecule has 1 amide bonds. The van der Waals surface area contributed by atoms with Crippen LogP contribution >= 0.6 is 11.8 Å². The number of hydrogen-bond donors (Lipinski definition) is 2. The first-order valence-electron chi connectivity index (χ1n) is 7.12. The highest BCUT2D eigenvalue weighted by Crippen LogP contribution is 2.32. The molecule has 2 aliphatic rings. The summed E-state index contributed by atoms with van der Waals surface area (Å²) < 4.78 is 0. The molecule has 1 aromatic rings. The van der Waals surface area contributed by atoms with Gasteiger partial charge in [-0.2, -0.15) is 0 Å². The van der Waals surface area contributed by atoms with E-state index in [1.54, 1.807) is 18.0 Å². The number of aromatic nitrogens is 2. The van der Waals surface area contributed by atoms with E-state index in [1.165, 1.54) is 6.33 Å². The molecule has 2 heterocycles. The molecule has 0 atom stereocenters. The Morgan fingerprint density at radius 3 is 3.00 bits per heavy atom. The molecular formula is C14H19N5OS. The monoisotopic (exact) mass is 305 g/mol. The molecule has 0 aromatic carbocycles. The van der Waals surface area contributed by atoms with Crippen LogP contribution in [0.3, 0.4) is 0 Å². The summed E-state index contributed by atoms with van der Waals surface area (Å²) in [5.41, 5.74) is 5.61. The molecule has 1 saturated carbocycles. The molecule has 7 heteroatoms. The minimum atomic E-state index is -0.185. The molecule has 1 aliphatic carbocycles. The minimum absolute atomic E-state index is 0.0242. The van der Waals surface area contributed by atoms with Crippen molar-refractivity contribution in [1.29, 1.82) is 0 Å². The molecule has 0 saturated heterocycles. The molecule has 1 aliphatic heterocycles. The fourth-order valence-electron chi connectivity index (χ4n) is 2.54. The number of thioether (sulfide) groups is 1. The Labute approximate surface area is 128 Å². The zero-order valence-corrected chi connectivity index (χ0v) is 12.6. The van der Waals surface area contributed by atoms with Gasteiger partial charge in [0, 0.05) is 31.2 Å². The molecule has 112 valence electrons. The fourth-order valence-corrected chi connectivity index (χ4v) is 3.43. The third-order valence-electron chi connectivity index (χ3n) is 4.03. The van der Waals surface area contributed by atoms with Crippen molar-refractivity contribution in [2.45, 2.75) is 24.8 Å². The zero-order chi connectivity index (χ0) is 14.7. The van der Waals surface area contributed by atoms with Gasteiger partial charge in [0.15, 0.2) is 0 Å². The van der Waals surface area contributed by atoms with Crippen LogP contribution in [0.5, 0.6) is 0 Å². The predicted octanol–water partition coefficient (Wildman–Crippen LogP) is 0.869. The van der Waals surface area contributed by atoms with Gasteiger partial charge in [-0.1, -0.05) is 0 Å². The first kappa shape index (κ1) is 14.3. The molecule has 1 fully saturated rings. The SMILES string of the molecule is NCC1(NC(=O)C2=CN(c3ccncn3)CCS2)CCC1. The van der Waals surface area contributed by atoms with Crippen LogP contribution in [0.1, 0.15) is 19.3 Å². The van der Waals surface area contributed by atoms with Crippen molar-refractivity contribution in [3.05, 3.63) is 29.7 Å². The number of nitrogens with zero attached hydrogens (tertiary/aromatic N) is 3. The first-order valence-corrected chi connectivity index (χ1v) is 8.11. The highest BCUT2D eigenvalue weighted by atomic mass is 32.2. The largest absolute Gasteiger partial charge is 0.345 e. The molecular weight excluding hydrogens is 286 g/mol. The fraction of sp³-hybridized carbons (Fsp3) is 0.500. The normalized spacial score (nSPS) is 20.4. The van der Waals surface area contributed by atoms with Crippen molar-refractivity contribution in [1.82, 2.24) is 15.3 Å². The second-order valence-corrected chi connectivity index (χ2v) is 6.53. The van der Waals surface area contributed by atoms with E-state index in [0.717, 1.165) is 42.3 Å². The molecule has 3 rings (SSSR count). The predicted molar refractivity (Wildman–Crippen MR) is 83.7 cm³/mol. The van der Waals surface area contributed by atoms with Crippen LogP contribution in [0.25, 0.3) is 0 Å². The number of nitrogens with two attached hydrogens (primary N) is 1. The Bertz CT molecular complexity index is 538. The molecule has 0 spiro atoms. The molecule has 1 aromatic heterocycles. The summed E-state index contributed by atoms with van der Waals surface area (Å²) >= 11 is 1.58. The van der Waals surface area contributed by atoms with Gasteiger partial charge in [-0.05, 0) is 25.3 Å². The topological polar surface area (TPSA) is 84.1 Å². The number of nitrogens with one attached hydrogen (secondary N) is 1. The highest BCUT2D eigenvalue weighted by Gasteiger charge is 2.37. The van der Waals surface area contributed by atoms with Crippen molar-refractivity contribution in [2.24, 2.45) is 5.73 Å². The summed E-state index contributed by atoms with van der Waals surface area (Å²) in [5.74, 6) is 1.65. The van der Waals surface area contributed by atoms with Crippen molar-refractivity contribution >= 4 is 23.5 Å². The van der Waals surface area contributed by atoms with E-state index >= 15 is 0 Å². The lowest BCUT2D eigenvalue weighted by Crippen LogP contribution is -2.58. The standard InChI is InChI=1S/C14H19N5OS/c15-9-14(3-1-4-14)18-13(20)11-8-19(6-7-21-11)12-2-5-16-10-17-12/h2,5,8,10H,1,3-4,6-7,9,15H2,(H,18,20). The number of anilines is 1. The van der Waals surface area contributed by atoms with Crippen LogP contribution in [0.4, 0.5) is 5.82 Å². The van der Waals surface area contributed by atoms with Crippen LogP contribution in [0.2, 0.25) is 0 Å². The van der Waals surface area contributed by atoms with Gasteiger partial charge >= 0.3 is 0 Å². The first-order chi connectivity index (χ1) is 10.2. The lowest BCUT2D eigenvalue weighted by Gasteiger charge is -2.42. The van der Waals surface area contributed by atoms with Gasteiger partial charge in [-0.15, -0.1) is 11.8 Å². The van der Waals surface area contributed by atoms with Gasteiger partial charge < -0.3 is 16.0 Å². The zero-order valence-electron chi connectivity index (χ0n) is 11.8.